The van der Waals surface area contributed by atoms with E-state index in [0.717, 1.165) is 32.1 Å². The molecule has 17 atom stereocenters. The second-order valence-corrected chi connectivity index (χ2v) is 25.0. The van der Waals surface area contributed by atoms with E-state index in [0.29, 0.717) is 12.8 Å². The maximum atomic E-state index is 13.2. The van der Waals surface area contributed by atoms with Crippen LogP contribution < -0.4 is 5.32 Å². The van der Waals surface area contributed by atoms with Gasteiger partial charge in [0.25, 0.3) is 0 Å². The zero-order valence-corrected chi connectivity index (χ0v) is 53.3. The Hall–Kier alpha value is -1.73. The molecule has 0 aromatic rings. The molecule has 1 amide bonds. The van der Waals surface area contributed by atoms with Crippen LogP contribution >= 0.6 is 0 Å². The molecule has 19 heteroatoms. The summed E-state index contributed by atoms with van der Waals surface area (Å²) in [6.45, 7) is 1.57. The second-order valence-electron chi connectivity index (χ2n) is 25.0. The topological polar surface area (TPSA) is 307 Å². The number of amides is 1. The zero-order valence-electron chi connectivity index (χ0n) is 53.3. The van der Waals surface area contributed by atoms with Gasteiger partial charge < -0.3 is 89.9 Å². The summed E-state index contributed by atoms with van der Waals surface area (Å²) in [5, 5.41) is 119. The third-order valence-corrected chi connectivity index (χ3v) is 17.5. The highest BCUT2D eigenvalue weighted by Gasteiger charge is 2.53. The number of allylic oxidation sites excluding steroid dienone is 3. The summed E-state index contributed by atoms with van der Waals surface area (Å²) >= 11 is 0. The summed E-state index contributed by atoms with van der Waals surface area (Å²) in [7, 11) is 0. The molecule has 3 fully saturated rings. The van der Waals surface area contributed by atoms with E-state index in [1.807, 2.05) is 13.0 Å². The van der Waals surface area contributed by atoms with Crippen molar-refractivity contribution in [2.75, 3.05) is 26.4 Å². The van der Waals surface area contributed by atoms with Crippen LogP contribution in [0.25, 0.3) is 0 Å². The fourth-order valence-electron chi connectivity index (χ4n) is 11.8. The molecule has 17 unspecified atom stereocenters. The molecule has 3 aliphatic heterocycles. The van der Waals surface area contributed by atoms with Crippen LogP contribution in [-0.4, -0.2) is 193 Å². The Balaban J connectivity index is 1.21. The Bertz CT molecular complexity index is 1660. The summed E-state index contributed by atoms with van der Waals surface area (Å²) < 4.78 is 34.1. The first-order chi connectivity index (χ1) is 41.8. The van der Waals surface area contributed by atoms with Gasteiger partial charge in [0.2, 0.25) is 5.91 Å². The largest absolute Gasteiger partial charge is 0.394 e. The quantitative estimate of drug-likeness (QED) is 0.0200. The smallest absolute Gasteiger partial charge is 0.220 e. The minimum absolute atomic E-state index is 0.246. The molecule has 0 radical (unpaired) electrons. The summed E-state index contributed by atoms with van der Waals surface area (Å²) in [6.07, 6.45) is 30.3. The highest BCUT2D eigenvalue weighted by molar-refractivity contribution is 5.76. The van der Waals surface area contributed by atoms with Gasteiger partial charge in [0.1, 0.15) is 73.2 Å². The molecule has 86 heavy (non-hydrogen) atoms. The molecular weight excluding hydrogens is 1110 g/mol. The predicted octanol–water partition coefficient (Wildman–Crippen LogP) is 8.66. The first-order valence-electron chi connectivity index (χ1n) is 34.6. The highest BCUT2D eigenvalue weighted by atomic mass is 16.8. The molecular formula is C67H125NO18. The number of rotatable bonds is 53. The lowest BCUT2D eigenvalue weighted by Crippen LogP contribution is -2.66. The van der Waals surface area contributed by atoms with E-state index in [4.69, 9.17) is 28.4 Å². The van der Waals surface area contributed by atoms with Crippen LogP contribution in [0.5, 0.6) is 0 Å². The molecule has 0 aromatic carbocycles. The molecule has 3 saturated heterocycles. The fraction of sp³-hybridized carbons (Fsp3) is 0.925. The number of aliphatic hydroxyl groups excluding tert-OH is 11. The van der Waals surface area contributed by atoms with Gasteiger partial charge in [-0.1, -0.05) is 244 Å². The highest BCUT2D eigenvalue weighted by Crippen LogP contribution is 2.33. The first-order valence-corrected chi connectivity index (χ1v) is 34.6. The van der Waals surface area contributed by atoms with E-state index in [9.17, 15) is 61.0 Å². The van der Waals surface area contributed by atoms with Gasteiger partial charge in [-0.05, 0) is 38.5 Å². The number of unbranched alkanes of at least 4 members (excludes halogenated alkanes) is 35. The minimum atomic E-state index is -1.97. The van der Waals surface area contributed by atoms with Crippen LogP contribution in [0.4, 0.5) is 0 Å². The number of hydrogen-bond acceptors (Lipinski definition) is 18. The number of carbonyl (C=O) groups excluding carboxylic acids is 1. The van der Waals surface area contributed by atoms with Crippen LogP contribution in [0.15, 0.2) is 24.3 Å². The van der Waals surface area contributed by atoms with Gasteiger partial charge in [-0.3, -0.25) is 4.79 Å². The van der Waals surface area contributed by atoms with Crippen molar-refractivity contribution >= 4 is 5.91 Å². The van der Waals surface area contributed by atoms with Crippen LogP contribution in [-0.2, 0) is 33.2 Å². The Morgan fingerprint density at radius 2 is 0.744 bits per heavy atom. The molecule has 0 aliphatic carbocycles. The molecule has 3 heterocycles. The maximum Gasteiger partial charge on any atom is 0.220 e. The van der Waals surface area contributed by atoms with E-state index >= 15 is 0 Å². The molecule has 0 aromatic heterocycles. The molecule has 506 valence electrons. The van der Waals surface area contributed by atoms with Crippen LogP contribution in [0, 0.1) is 0 Å². The lowest BCUT2D eigenvalue weighted by molar-refractivity contribution is -0.379. The van der Waals surface area contributed by atoms with Crippen molar-refractivity contribution < 1.29 is 89.4 Å². The number of ether oxygens (including phenoxy) is 6. The Kier molecular flexibility index (Phi) is 45.6. The number of nitrogens with one attached hydrogen (secondary N) is 1. The second kappa shape index (κ2) is 49.9. The minimum Gasteiger partial charge on any atom is -0.394 e. The summed E-state index contributed by atoms with van der Waals surface area (Å²) in [5.74, 6) is -0.281. The third kappa shape index (κ3) is 32.0. The van der Waals surface area contributed by atoms with Crippen molar-refractivity contribution in [2.24, 2.45) is 0 Å². The van der Waals surface area contributed by atoms with E-state index < -0.39 is 124 Å². The number of carbonyl (C=O) groups is 1. The van der Waals surface area contributed by atoms with Crippen molar-refractivity contribution in [3.05, 3.63) is 24.3 Å². The molecule has 0 saturated carbocycles. The standard InChI is InChI=1S/C67H125NO18/c1-3-5-7-9-10-11-12-13-14-15-16-17-18-19-20-21-22-23-24-25-26-27-28-29-30-31-32-33-34-35-36-37-38-39-40-41-43-45-55(73)68-50(51(72)44-42-8-6-4-2)49-81-65-61(79)58(76)63(53(47-70)83-65)86-67-62(80)59(77)64(54(48-71)84-67)85-66-60(78)57(75)56(74)52(46-69)82-66/h15-16,42,44,50-54,56-67,69-72,74-80H,3-14,17-41,43,45-49H2,1-2H3,(H,68,73)/b16-15-,44-42+. The van der Waals surface area contributed by atoms with Gasteiger partial charge in [-0.25, -0.2) is 0 Å². The van der Waals surface area contributed by atoms with E-state index in [1.54, 1.807) is 6.08 Å². The van der Waals surface area contributed by atoms with Crippen LogP contribution in [0.3, 0.4) is 0 Å². The average Bonchev–Trinajstić information content (AvgIpc) is 1.95. The third-order valence-electron chi connectivity index (χ3n) is 17.5. The lowest BCUT2D eigenvalue weighted by atomic mass is 9.96. The van der Waals surface area contributed by atoms with Crippen molar-refractivity contribution in [3.63, 3.8) is 0 Å². The Morgan fingerprint density at radius 3 is 1.15 bits per heavy atom. The lowest BCUT2D eigenvalue weighted by Gasteiger charge is -2.48. The monoisotopic (exact) mass is 1230 g/mol. The summed E-state index contributed by atoms with van der Waals surface area (Å²) in [6, 6.07) is -0.965. The van der Waals surface area contributed by atoms with Gasteiger partial charge in [-0.15, -0.1) is 0 Å². The van der Waals surface area contributed by atoms with Gasteiger partial charge >= 0.3 is 0 Å². The molecule has 19 nitrogen and oxygen atoms in total. The summed E-state index contributed by atoms with van der Waals surface area (Å²) in [5.41, 5.74) is 0. The van der Waals surface area contributed by atoms with Crippen molar-refractivity contribution in [2.45, 2.75) is 369 Å². The normalized spacial score (nSPS) is 28.9. The van der Waals surface area contributed by atoms with Crippen molar-refractivity contribution in [3.8, 4) is 0 Å². The number of hydrogen-bond donors (Lipinski definition) is 12. The fourth-order valence-corrected chi connectivity index (χ4v) is 11.8. The Labute approximate surface area is 518 Å². The molecule has 0 bridgehead atoms. The van der Waals surface area contributed by atoms with E-state index in [1.165, 1.54) is 199 Å². The predicted molar refractivity (Wildman–Crippen MR) is 333 cm³/mol. The molecule has 3 aliphatic rings. The molecule has 0 spiro atoms. The van der Waals surface area contributed by atoms with E-state index in [2.05, 4.69) is 24.4 Å². The van der Waals surface area contributed by atoms with Gasteiger partial charge in [0.05, 0.1) is 38.6 Å². The van der Waals surface area contributed by atoms with Crippen LogP contribution in [0.2, 0.25) is 0 Å². The Morgan fingerprint density at radius 1 is 0.407 bits per heavy atom. The molecule has 3 rings (SSSR count). The van der Waals surface area contributed by atoms with Gasteiger partial charge in [0, 0.05) is 6.42 Å². The SMILES string of the molecule is CCCC/C=C/C(O)C(COC1OC(CO)C(OC2OC(CO)C(OC3OC(CO)C(O)C(O)C3O)C(O)C2O)C(O)C1O)NC(=O)CCCCCCCCCCCCCCCCCCCCCCCCCCC/C=C\CCCCCCCCCC. The van der Waals surface area contributed by atoms with E-state index in [-0.39, 0.29) is 18.9 Å². The van der Waals surface area contributed by atoms with Crippen molar-refractivity contribution in [1.82, 2.24) is 5.32 Å². The summed E-state index contributed by atoms with van der Waals surface area (Å²) in [4.78, 5) is 13.2. The van der Waals surface area contributed by atoms with Crippen molar-refractivity contribution in [1.29, 1.82) is 0 Å². The number of aliphatic hydroxyl groups is 11. The van der Waals surface area contributed by atoms with Gasteiger partial charge in [-0.2, -0.15) is 0 Å². The van der Waals surface area contributed by atoms with Crippen LogP contribution in [0.1, 0.15) is 264 Å². The molecule has 12 N–H and O–H groups in total. The average molecular weight is 1230 g/mol. The first kappa shape index (κ1) is 78.5. The van der Waals surface area contributed by atoms with Gasteiger partial charge in [0.15, 0.2) is 18.9 Å². The maximum absolute atomic E-state index is 13.2. The zero-order chi connectivity index (χ0) is 62.6.